The number of nitrogens with one attached hydrogen (secondary N) is 2. The average molecular weight is 415 g/mol. The van der Waals surface area contributed by atoms with Crippen LogP contribution in [0.3, 0.4) is 0 Å². The van der Waals surface area contributed by atoms with Crippen molar-refractivity contribution < 1.29 is 9.53 Å². The highest BCUT2D eigenvalue weighted by Crippen LogP contribution is 2.29. The minimum Gasteiger partial charge on any atom is -0.497 e. The number of rotatable bonds is 8. The third-order valence-corrected chi connectivity index (χ3v) is 6.18. The lowest BCUT2D eigenvalue weighted by molar-refractivity contribution is -0.118. The number of benzene rings is 2. The number of amides is 1. The maximum absolute atomic E-state index is 12.1. The molecule has 0 bridgehead atoms. The second kappa shape index (κ2) is 9.57. The lowest BCUT2D eigenvalue weighted by Gasteiger charge is -2.08. The Morgan fingerprint density at radius 1 is 1.18 bits per heavy atom. The van der Waals surface area contributed by atoms with E-state index in [2.05, 4.69) is 40.7 Å². The summed E-state index contributed by atoms with van der Waals surface area (Å²) in [6, 6.07) is 13.7. The van der Waals surface area contributed by atoms with Gasteiger partial charge in [0.2, 0.25) is 11.0 Å². The molecule has 2 N–H and O–H groups in total. The van der Waals surface area contributed by atoms with Crippen molar-refractivity contribution in [1.82, 2.24) is 15.5 Å². The molecule has 3 rings (SSSR count). The Kier molecular flexibility index (Phi) is 6.89. The number of aromatic nitrogens is 2. The molecule has 0 fully saturated rings. The van der Waals surface area contributed by atoms with E-state index in [1.165, 1.54) is 34.2 Å². The summed E-state index contributed by atoms with van der Waals surface area (Å²) in [5.41, 5.74) is 4.41. The summed E-state index contributed by atoms with van der Waals surface area (Å²) in [5.74, 6) is 1.02. The van der Waals surface area contributed by atoms with Crippen LogP contribution in [0.1, 0.15) is 16.7 Å². The second-order valence-electron chi connectivity index (χ2n) is 6.16. The standard InChI is InChI=1S/C20H22N4O2S2/c1-13-6-4-9-17(14(13)2)22-19-23-24-20(28-19)27-12-18(25)21-11-15-7-5-8-16(10-15)26-3/h4-10H,11-12H2,1-3H3,(H,21,25)(H,22,23). The lowest BCUT2D eigenvalue weighted by atomic mass is 10.1. The van der Waals surface area contributed by atoms with E-state index >= 15 is 0 Å². The van der Waals surface area contributed by atoms with Crippen LogP contribution in [0, 0.1) is 13.8 Å². The monoisotopic (exact) mass is 414 g/mol. The summed E-state index contributed by atoms with van der Waals surface area (Å²) in [5, 5.41) is 15.2. The van der Waals surface area contributed by atoms with Crippen LogP contribution in [0.4, 0.5) is 10.8 Å². The summed E-state index contributed by atoms with van der Waals surface area (Å²) in [4.78, 5) is 12.1. The van der Waals surface area contributed by atoms with Gasteiger partial charge in [0.15, 0.2) is 4.34 Å². The highest BCUT2D eigenvalue weighted by Gasteiger charge is 2.10. The van der Waals surface area contributed by atoms with Crippen LogP contribution in [-0.4, -0.2) is 29.0 Å². The zero-order chi connectivity index (χ0) is 19.9. The molecular formula is C20H22N4O2S2. The van der Waals surface area contributed by atoms with Gasteiger partial charge < -0.3 is 15.4 Å². The maximum atomic E-state index is 12.1. The fourth-order valence-electron chi connectivity index (χ4n) is 2.48. The van der Waals surface area contributed by atoms with Crippen molar-refractivity contribution >= 4 is 39.8 Å². The first kappa shape index (κ1) is 20.2. The van der Waals surface area contributed by atoms with Crippen molar-refractivity contribution in [1.29, 1.82) is 0 Å². The lowest BCUT2D eigenvalue weighted by Crippen LogP contribution is -2.24. The molecule has 8 heteroatoms. The fourth-order valence-corrected chi connectivity index (χ4v) is 4.08. The van der Waals surface area contributed by atoms with Gasteiger partial charge in [-0.05, 0) is 48.7 Å². The van der Waals surface area contributed by atoms with Gasteiger partial charge in [-0.15, -0.1) is 10.2 Å². The molecule has 28 heavy (non-hydrogen) atoms. The van der Waals surface area contributed by atoms with Gasteiger partial charge in [0.1, 0.15) is 5.75 Å². The van der Waals surface area contributed by atoms with Crippen LogP contribution in [0.2, 0.25) is 0 Å². The van der Waals surface area contributed by atoms with Gasteiger partial charge in [0.25, 0.3) is 0 Å². The topological polar surface area (TPSA) is 76.1 Å². The third kappa shape index (κ3) is 5.46. The van der Waals surface area contributed by atoms with Crippen molar-refractivity contribution in [3.05, 3.63) is 59.2 Å². The van der Waals surface area contributed by atoms with Crippen LogP contribution < -0.4 is 15.4 Å². The third-order valence-electron chi connectivity index (χ3n) is 4.20. The maximum Gasteiger partial charge on any atom is 0.230 e. The van der Waals surface area contributed by atoms with Gasteiger partial charge in [-0.25, -0.2) is 0 Å². The summed E-state index contributed by atoms with van der Waals surface area (Å²) in [6.07, 6.45) is 0. The first-order valence-corrected chi connectivity index (χ1v) is 10.5. The van der Waals surface area contributed by atoms with Crippen LogP contribution in [0.25, 0.3) is 0 Å². The number of anilines is 2. The van der Waals surface area contributed by atoms with E-state index in [9.17, 15) is 4.79 Å². The molecule has 0 spiro atoms. The Hall–Kier alpha value is -2.58. The van der Waals surface area contributed by atoms with E-state index in [0.717, 1.165) is 21.3 Å². The van der Waals surface area contributed by atoms with Crippen LogP contribution >= 0.6 is 23.1 Å². The predicted octanol–water partition coefficient (Wildman–Crippen LogP) is 4.32. The normalized spacial score (nSPS) is 10.5. The summed E-state index contributed by atoms with van der Waals surface area (Å²) >= 11 is 2.82. The molecule has 1 amide bonds. The number of aryl methyl sites for hydroxylation is 1. The Morgan fingerprint density at radius 2 is 2.00 bits per heavy atom. The summed E-state index contributed by atoms with van der Waals surface area (Å²) < 4.78 is 5.94. The predicted molar refractivity (Wildman–Crippen MR) is 115 cm³/mol. The van der Waals surface area contributed by atoms with Crippen molar-refractivity contribution in [2.75, 3.05) is 18.2 Å². The molecular weight excluding hydrogens is 392 g/mol. The molecule has 0 radical (unpaired) electrons. The molecule has 1 heterocycles. The number of thioether (sulfide) groups is 1. The van der Waals surface area contributed by atoms with Crippen molar-refractivity contribution in [3.8, 4) is 5.75 Å². The molecule has 3 aromatic rings. The number of carbonyl (C=O) groups excluding carboxylic acids is 1. The van der Waals surface area contributed by atoms with Crippen LogP contribution in [-0.2, 0) is 11.3 Å². The number of hydrogen-bond donors (Lipinski definition) is 2. The van der Waals surface area contributed by atoms with Crippen molar-refractivity contribution in [2.45, 2.75) is 24.7 Å². The number of carbonyl (C=O) groups is 1. The largest absolute Gasteiger partial charge is 0.497 e. The number of methoxy groups -OCH3 is 1. The first-order valence-electron chi connectivity index (χ1n) is 8.74. The van der Waals surface area contributed by atoms with Gasteiger partial charge in [0.05, 0.1) is 12.9 Å². The quantitative estimate of drug-likeness (QED) is 0.535. The molecule has 0 saturated heterocycles. The molecule has 146 valence electrons. The van der Waals surface area contributed by atoms with Gasteiger partial charge in [0, 0.05) is 12.2 Å². The van der Waals surface area contributed by atoms with E-state index in [1.807, 2.05) is 36.4 Å². The molecule has 0 aliphatic heterocycles. The average Bonchev–Trinajstić information content (AvgIpc) is 3.16. The molecule has 2 aromatic carbocycles. The first-order chi connectivity index (χ1) is 13.5. The molecule has 6 nitrogen and oxygen atoms in total. The molecule has 1 aromatic heterocycles. The Balaban J connectivity index is 1.48. The Bertz CT molecular complexity index is 959. The van der Waals surface area contributed by atoms with E-state index in [4.69, 9.17) is 4.74 Å². The second-order valence-corrected chi connectivity index (χ2v) is 8.36. The van der Waals surface area contributed by atoms with Crippen LogP contribution in [0.5, 0.6) is 5.75 Å². The Morgan fingerprint density at radius 3 is 2.82 bits per heavy atom. The van der Waals surface area contributed by atoms with E-state index in [-0.39, 0.29) is 5.91 Å². The van der Waals surface area contributed by atoms with Gasteiger partial charge in [-0.3, -0.25) is 4.79 Å². The smallest absolute Gasteiger partial charge is 0.230 e. The van der Waals surface area contributed by atoms with Gasteiger partial charge in [-0.1, -0.05) is 47.4 Å². The van der Waals surface area contributed by atoms with E-state index in [1.54, 1.807) is 7.11 Å². The molecule has 0 unspecified atom stereocenters. The number of hydrogen-bond acceptors (Lipinski definition) is 7. The van der Waals surface area contributed by atoms with Crippen molar-refractivity contribution in [3.63, 3.8) is 0 Å². The summed E-state index contributed by atoms with van der Waals surface area (Å²) in [6.45, 7) is 4.61. The minimum absolute atomic E-state index is 0.0490. The van der Waals surface area contributed by atoms with Gasteiger partial charge in [-0.2, -0.15) is 0 Å². The van der Waals surface area contributed by atoms with E-state index < -0.39 is 0 Å². The number of ether oxygens (including phenoxy) is 1. The fraction of sp³-hybridized carbons (Fsp3) is 0.250. The highest BCUT2D eigenvalue weighted by molar-refractivity contribution is 8.01. The summed E-state index contributed by atoms with van der Waals surface area (Å²) in [7, 11) is 1.62. The zero-order valence-electron chi connectivity index (χ0n) is 16.0. The Labute approximate surface area is 172 Å². The van der Waals surface area contributed by atoms with Gasteiger partial charge >= 0.3 is 0 Å². The van der Waals surface area contributed by atoms with Crippen LogP contribution in [0.15, 0.2) is 46.8 Å². The molecule has 0 atom stereocenters. The molecule has 0 aliphatic rings. The molecule has 0 aliphatic carbocycles. The van der Waals surface area contributed by atoms with E-state index in [0.29, 0.717) is 17.4 Å². The number of nitrogens with zero attached hydrogens (tertiary/aromatic N) is 2. The molecule has 0 saturated carbocycles. The highest BCUT2D eigenvalue weighted by atomic mass is 32.2. The minimum atomic E-state index is -0.0490. The van der Waals surface area contributed by atoms with Crippen molar-refractivity contribution in [2.24, 2.45) is 0 Å². The SMILES string of the molecule is COc1cccc(CNC(=O)CSc2nnc(Nc3cccc(C)c3C)s2)c1. The zero-order valence-corrected chi connectivity index (χ0v) is 17.6.